The quantitative estimate of drug-likeness (QED) is 0.650. The van der Waals surface area contributed by atoms with E-state index in [1.165, 1.54) is 11.1 Å². The van der Waals surface area contributed by atoms with Crippen molar-refractivity contribution in [2.24, 2.45) is 5.41 Å². The lowest BCUT2D eigenvalue weighted by atomic mass is 9.80. The Bertz CT molecular complexity index is 782. The number of aromatic hydroxyl groups is 1. The molecule has 1 aromatic rings. The Balaban J connectivity index is 2.07. The zero-order valence-corrected chi connectivity index (χ0v) is 18.7. The Morgan fingerprint density at radius 2 is 1.72 bits per heavy atom. The van der Waals surface area contributed by atoms with Crippen LogP contribution in [0.3, 0.4) is 0 Å². The first-order valence-electron chi connectivity index (χ1n) is 10.1. The zero-order valence-electron chi connectivity index (χ0n) is 18.7. The highest BCUT2D eigenvalue weighted by Gasteiger charge is 2.46. The Morgan fingerprint density at radius 3 is 2.24 bits per heavy atom. The second kappa shape index (κ2) is 8.33. The van der Waals surface area contributed by atoms with Gasteiger partial charge in [0.15, 0.2) is 17.3 Å². The number of benzene rings is 1. The molecule has 160 valence electrons. The summed E-state index contributed by atoms with van der Waals surface area (Å²) in [6.45, 7) is 14.0. The van der Waals surface area contributed by atoms with Gasteiger partial charge in [0.1, 0.15) is 6.10 Å². The molecule has 1 fully saturated rings. The van der Waals surface area contributed by atoms with Crippen LogP contribution in [0.2, 0.25) is 0 Å². The lowest BCUT2D eigenvalue weighted by Gasteiger charge is -2.51. The van der Waals surface area contributed by atoms with Crippen LogP contribution < -0.4 is 4.74 Å². The van der Waals surface area contributed by atoms with E-state index in [-0.39, 0.29) is 23.1 Å². The largest absolute Gasteiger partial charge is 0.504 e. The van der Waals surface area contributed by atoms with Gasteiger partial charge >= 0.3 is 0 Å². The van der Waals surface area contributed by atoms with Gasteiger partial charge in [-0.25, -0.2) is 0 Å². The molecule has 5 heteroatoms. The maximum absolute atomic E-state index is 11.9. The van der Waals surface area contributed by atoms with E-state index >= 15 is 0 Å². The molecule has 0 radical (unpaired) electrons. The van der Waals surface area contributed by atoms with Crippen LogP contribution in [0.4, 0.5) is 0 Å². The molecule has 0 spiro atoms. The standard InChI is InChI=1S/C24H35NO4/c1-22(2,3)13-12-18(26)10-8-17-9-11-21(20(27)14-17)29-19-15-23(4,5)25(28)24(6,7)16-19/h8-14,19,27-28H,15-16H2,1-7H3/b10-8+,13-12+. The number of allylic oxidation sites excluding steroid dienone is 3. The third-order valence-electron chi connectivity index (χ3n) is 5.07. The molecule has 1 aliphatic heterocycles. The first-order valence-corrected chi connectivity index (χ1v) is 10.1. The number of hydrogen-bond donors (Lipinski definition) is 2. The Hall–Kier alpha value is -2.11. The second-order valence-corrected chi connectivity index (χ2v) is 10.2. The summed E-state index contributed by atoms with van der Waals surface area (Å²) >= 11 is 0. The zero-order chi connectivity index (χ0) is 22.0. The van der Waals surface area contributed by atoms with Crippen LogP contribution in [0.15, 0.2) is 36.4 Å². The highest BCUT2D eigenvalue weighted by molar-refractivity contribution is 6.02. The number of nitrogens with zero attached hydrogens (tertiary/aromatic N) is 1. The van der Waals surface area contributed by atoms with Crippen molar-refractivity contribution in [1.82, 2.24) is 5.06 Å². The lowest BCUT2D eigenvalue weighted by Crippen LogP contribution is -2.61. The molecule has 0 aromatic heterocycles. The first-order chi connectivity index (χ1) is 13.2. The number of piperidine rings is 1. The SMILES string of the molecule is CC(C)(C)/C=C/C(=O)/C=C/c1ccc(OC2CC(C)(C)N(O)C(C)(C)C2)c(O)c1. The normalized spacial score (nSPS) is 20.4. The molecule has 0 atom stereocenters. The molecule has 0 amide bonds. The van der Waals surface area contributed by atoms with Gasteiger partial charge in [0, 0.05) is 23.9 Å². The third kappa shape index (κ3) is 6.44. The van der Waals surface area contributed by atoms with Crippen LogP contribution in [-0.2, 0) is 4.79 Å². The highest BCUT2D eigenvalue weighted by Crippen LogP contribution is 2.39. The van der Waals surface area contributed by atoms with E-state index in [0.29, 0.717) is 18.6 Å². The summed E-state index contributed by atoms with van der Waals surface area (Å²) in [6, 6.07) is 5.11. The molecule has 0 aliphatic carbocycles. The second-order valence-electron chi connectivity index (χ2n) is 10.2. The number of ether oxygens (including phenoxy) is 1. The van der Waals surface area contributed by atoms with Crippen LogP contribution in [-0.4, -0.2) is 38.3 Å². The molecule has 0 saturated carbocycles. The molecular weight excluding hydrogens is 366 g/mol. The molecule has 1 heterocycles. The minimum atomic E-state index is -0.425. The van der Waals surface area contributed by atoms with E-state index in [1.807, 2.05) is 60.6 Å². The summed E-state index contributed by atoms with van der Waals surface area (Å²) < 4.78 is 6.07. The van der Waals surface area contributed by atoms with Crippen molar-refractivity contribution in [3.63, 3.8) is 0 Å². The molecule has 2 N–H and O–H groups in total. The van der Waals surface area contributed by atoms with Crippen molar-refractivity contribution < 1.29 is 19.8 Å². The van der Waals surface area contributed by atoms with E-state index in [0.717, 1.165) is 5.56 Å². The number of phenols is 1. The van der Waals surface area contributed by atoms with E-state index in [1.54, 1.807) is 24.3 Å². The van der Waals surface area contributed by atoms with E-state index in [9.17, 15) is 15.1 Å². The maximum atomic E-state index is 11.9. The number of carbonyl (C=O) groups is 1. The Labute approximate surface area is 174 Å². The van der Waals surface area contributed by atoms with Crippen LogP contribution in [0.25, 0.3) is 6.08 Å². The van der Waals surface area contributed by atoms with Gasteiger partial charge < -0.3 is 15.1 Å². The molecule has 0 unspecified atom stereocenters. The van der Waals surface area contributed by atoms with Gasteiger partial charge in [-0.05, 0) is 63.0 Å². The first kappa shape index (κ1) is 23.2. The summed E-state index contributed by atoms with van der Waals surface area (Å²) in [5, 5.41) is 22.2. The summed E-state index contributed by atoms with van der Waals surface area (Å²) in [4.78, 5) is 11.9. The number of hydrogen-bond acceptors (Lipinski definition) is 5. The van der Waals surface area contributed by atoms with Crippen LogP contribution in [0, 0.1) is 5.41 Å². The molecule has 1 aliphatic rings. The number of rotatable bonds is 5. The van der Waals surface area contributed by atoms with Gasteiger partial charge in [-0.15, -0.1) is 0 Å². The van der Waals surface area contributed by atoms with Crippen molar-refractivity contribution in [3.05, 3.63) is 42.0 Å². The van der Waals surface area contributed by atoms with Gasteiger partial charge in [-0.3, -0.25) is 4.79 Å². The highest BCUT2D eigenvalue weighted by atomic mass is 16.5. The van der Waals surface area contributed by atoms with Crippen LogP contribution in [0.5, 0.6) is 11.5 Å². The van der Waals surface area contributed by atoms with Gasteiger partial charge in [0.05, 0.1) is 0 Å². The molecule has 1 saturated heterocycles. The predicted molar refractivity (Wildman–Crippen MR) is 116 cm³/mol. The van der Waals surface area contributed by atoms with Gasteiger partial charge in [0.2, 0.25) is 0 Å². The molecule has 1 aromatic carbocycles. The number of phenolic OH excluding ortho intramolecular Hbond substituents is 1. The van der Waals surface area contributed by atoms with Crippen molar-refractivity contribution in [2.45, 2.75) is 78.5 Å². The van der Waals surface area contributed by atoms with Crippen LogP contribution >= 0.6 is 0 Å². The number of ketones is 1. The minimum absolute atomic E-state index is 0.0341. The predicted octanol–water partition coefficient (Wildman–Crippen LogP) is 5.37. The summed E-state index contributed by atoms with van der Waals surface area (Å²) in [5.74, 6) is 0.343. The van der Waals surface area contributed by atoms with E-state index < -0.39 is 11.1 Å². The molecule has 5 nitrogen and oxygen atoms in total. The van der Waals surface area contributed by atoms with Gasteiger partial charge in [-0.2, -0.15) is 5.06 Å². The van der Waals surface area contributed by atoms with E-state index in [4.69, 9.17) is 4.74 Å². The fourth-order valence-corrected chi connectivity index (χ4v) is 3.75. The maximum Gasteiger partial charge on any atom is 0.178 e. The van der Waals surface area contributed by atoms with Crippen molar-refractivity contribution in [2.75, 3.05) is 0 Å². The molecule has 0 bridgehead atoms. The average molecular weight is 402 g/mol. The summed E-state index contributed by atoms with van der Waals surface area (Å²) in [5.41, 5.74) is -0.175. The van der Waals surface area contributed by atoms with Crippen molar-refractivity contribution in [3.8, 4) is 11.5 Å². The fraction of sp³-hybridized carbons (Fsp3) is 0.542. The number of hydroxylamine groups is 2. The molecule has 29 heavy (non-hydrogen) atoms. The monoisotopic (exact) mass is 401 g/mol. The van der Waals surface area contributed by atoms with Gasteiger partial charge in [-0.1, -0.05) is 39.0 Å². The van der Waals surface area contributed by atoms with Crippen molar-refractivity contribution in [1.29, 1.82) is 0 Å². The summed E-state index contributed by atoms with van der Waals surface area (Å²) in [7, 11) is 0. The number of carbonyl (C=O) groups excluding carboxylic acids is 1. The summed E-state index contributed by atoms with van der Waals surface area (Å²) in [6.07, 6.45) is 7.75. The third-order valence-corrected chi connectivity index (χ3v) is 5.07. The molecular formula is C24H35NO4. The average Bonchev–Trinajstić information content (AvgIpc) is 2.57. The minimum Gasteiger partial charge on any atom is -0.504 e. The van der Waals surface area contributed by atoms with Crippen LogP contribution in [0.1, 0.15) is 66.9 Å². The molecule has 2 rings (SSSR count). The smallest absolute Gasteiger partial charge is 0.178 e. The topological polar surface area (TPSA) is 70.0 Å². The Morgan fingerprint density at radius 1 is 1.14 bits per heavy atom. The Kier molecular flexibility index (Phi) is 6.65. The van der Waals surface area contributed by atoms with E-state index in [2.05, 4.69) is 0 Å². The lowest BCUT2D eigenvalue weighted by molar-refractivity contribution is -0.254. The fourth-order valence-electron chi connectivity index (χ4n) is 3.75. The van der Waals surface area contributed by atoms with Gasteiger partial charge in [0.25, 0.3) is 0 Å². The van der Waals surface area contributed by atoms with Crippen molar-refractivity contribution >= 4 is 11.9 Å².